The first-order valence-electron chi connectivity index (χ1n) is 7.03. The van der Waals surface area contributed by atoms with E-state index in [9.17, 15) is 14.5 Å². The zero-order valence-electron chi connectivity index (χ0n) is 12.6. The largest absolute Gasteiger partial charge is 0.380 e. The molecule has 1 saturated heterocycles. The Morgan fingerprint density at radius 3 is 2.87 bits per heavy atom. The summed E-state index contributed by atoms with van der Waals surface area (Å²) in [6.07, 6.45) is 0.441. The lowest BCUT2D eigenvalue weighted by Crippen LogP contribution is -2.25. The molecule has 1 aromatic heterocycles. The molecule has 0 aliphatic carbocycles. The lowest BCUT2D eigenvalue weighted by Gasteiger charge is -2.24. The van der Waals surface area contributed by atoms with Crippen LogP contribution in [0.2, 0.25) is 0 Å². The number of non-ortho nitro benzene ring substituents is 1. The molecule has 0 spiro atoms. The maximum absolute atomic E-state index is 14.3. The number of hydrogen-bond acceptors (Lipinski definition) is 7. The number of ether oxygens (including phenoxy) is 1. The minimum atomic E-state index is -0.669. The topological polar surface area (TPSA) is 94.5 Å². The van der Waals surface area contributed by atoms with E-state index in [4.69, 9.17) is 9.26 Å². The van der Waals surface area contributed by atoms with E-state index in [1.165, 1.54) is 12.1 Å². The van der Waals surface area contributed by atoms with Crippen molar-refractivity contribution >= 4 is 11.4 Å². The number of methoxy groups -OCH3 is 1. The number of aryl methyl sites for hydroxylation is 1. The number of nitro groups is 1. The van der Waals surface area contributed by atoms with Gasteiger partial charge >= 0.3 is 0 Å². The molecule has 0 saturated carbocycles. The van der Waals surface area contributed by atoms with Crippen LogP contribution in [0.4, 0.5) is 15.8 Å². The minimum absolute atomic E-state index is 0.123. The van der Waals surface area contributed by atoms with Gasteiger partial charge in [-0.25, -0.2) is 4.39 Å². The van der Waals surface area contributed by atoms with Crippen LogP contribution in [0.1, 0.15) is 24.2 Å². The maximum atomic E-state index is 14.3. The Balaban J connectivity index is 1.97. The molecule has 0 radical (unpaired) electrons. The third kappa shape index (κ3) is 2.87. The Bertz CT molecular complexity index is 735. The normalized spacial score (nSPS) is 20.9. The molecule has 2 heterocycles. The number of nitro benzene ring substituents is 1. The summed E-state index contributed by atoms with van der Waals surface area (Å²) in [5, 5.41) is 14.5. The number of anilines is 1. The number of rotatable bonds is 4. The molecule has 0 bridgehead atoms. The third-order valence-electron chi connectivity index (χ3n) is 3.88. The molecular weight excluding hydrogens is 307 g/mol. The molecule has 8 nitrogen and oxygen atoms in total. The van der Waals surface area contributed by atoms with Crippen molar-refractivity contribution in [2.75, 3.05) is 18.6 Å². The summed E-state index contributed by atoms with van der Waals surface area (Å²) in [5.74, 6) is 0.196. The van der Waals surface area contributed by atoms with E-state index < -0.39 is 10.7 Å². The first-order valence-corrected chi connectivity index (χ1v) is 7.03. The van der Waals surface area contributed by atoms with Gasteiger partial charge in [0.15, 0.2) is 11.6 Å². The zero-order valence-corrected chi connectivity index (χ0v) is 12.6. The number of nitrogens with zero attached hydrogens (tertiary/aromatic N) is 4. The maximum Gasteiger partial charge on any atom is 0.272 e. The standard InChI is InChI=1S/C14H15FN4O4/c1-8-16-14(23-17-8)13-6-10(22-2)7-18(13)12-4-3-9(19(20)21)5-11(12)15/h3-5,10,13H,6-7H2,1-2H3. The molecule has 2 atom stereocenters. The van der Waals surface area contributed by atoms with Gasteiger partial charge in [-0.15, -0.1) is 0 Å². The third-order valence-corrected chi connectivity index (χ3v) is 3.88. The summed E-state index contributed by atoms with van der Waals surface area (Å²) in [5.41, 5.74) is -0.0464. The average molecular weight is 322 g/mol. The summed E-state index contributed by atoms with van der Waals surface area (Å²) in [7, 11) is 1.58. The van der Waals surface area contributed by atoms with Crippen LogP contribution >= 0.6 is 0 Å². The Labute approximate surface area is 131 Å². The summed E-state index contributed by atoms with van der Waals surface area (Å²) in [4.78, 5) is 16.1. The average Bonchev–Trinajstić information content (AvgIpc) is 3.12. The van der Waals surface area contributed by atoms with Crippen LogP contribution in [0.3, 0.4) is 0 Å². The highest BCUT2D eigenvalue weighted by Gasteiger charge is 2.38. The molecule has 1 aliphatic heterocycles. The zero-order chi connectivity index (χ0) is 16.6. The van der Waals surface area contributed by atoms with Crippen LogP contribution in [0.5, 0.6) is 0 Å². The Morgan fingerprint density at radius 2 is 2.30 bits per heavy atom. The molecule has 23 heavy (non-hydrogen) atoms. The van der Waals surface area contributed by atoms with Gasteiger partial charge in [-0.3, -0.25) is 10.1 Å². The van der Waals surface area contributed by atoms with E-state index in [0.29, 0.717) is 24.7 Å². The van der Waals surface area contributed by atoms with Crippen molar-refractivity contribution in [3.63, 3.8) is 0 Å². The highest BCUT2D eigenvalue weighted by Crippen LogP contribution is 2.38. The molecule has 0 amide bonds. The highest BCUT2D eigenvalue weighted by atomic mass is 19.1. The van der Waals surface area contributed by atoms with Crippen molar-refractivity contribution in [1.29, 1.82) is 0 Å². The number of hydrogen-bond donors (Lipinski definition) is 0. The molecule has 9 heteroatoms. The molecule has 2 unspecified atom stereocenters. The Hall–Kier alpha value is -2.55. The van der Waals surface area contributed by atoms with Crippen LogP contribution < -0.4 is 4.90 Å². The predicted molar refractivity (Wildman–Crippen MR) is 77.6 cm³/mol. The van der Waals surface area contributed by atoms with Gasteiger partial charge in [0.1, 0.15) is 6.04 Å². The van der Waals surface area contributed by atoms with Crippen LogP contribution in [0.25, 0.3) is 0 Å². The lowest BCUT2D eigenvalue weighted by atomic mass is 10.2. The highest BCUT2D eigenvalue weighted by molar-refractivity contribution is 5.54. The van der Waals surface area contributed by atoms with Crippen molar-refractivity contribution in [3.05, 3.63) is 45.8 Å². The van der Waals surface area contributed by atoms with E-state index in [1.54, 1.807) is 18.9 Å². The van der Waals surface area contributed by atoms with Crippen molar-refractivity contribution in [1.82, 2.24) is 10.1 Å². The summed E-state index contributed by atoms with van der Waals surface area (Å²) >= 11 is 0. The van der Waals surface area contributed by atoms with Crippen molar-refractivity contribution in [2.24, 2.45) is 0 Å². The quantitative estimate of drug-likeness (QED) is 0.630. The number of aromatic nitrogens is 2. The molecule has 3 rings (SSSR count). The van der Waals surface area contributed by atoms with Gasteiger partial charge in [-0.2, -0.15) is 4.98 Å². The summed E-state index contributed by atoms with van der Waals surface area (Å²) in [6, 6.07) is 3.24. The van der Waals surface area contributed by atoms with Gasteiger partial charge in [0.25, 0.3) is 5.69 Å². The van der Waals surface area contributed by atoms with Crippen molar-refractivity contribution < 1.29 is 18.6 Å². The van der Waals surface area contributed by atoms with Gasteiger partial charge in [-0.05, 0) is 13.0 Å². The first-order chi connectivity index (χ1) is 11.0. The van der Waals surface area contributed by atoms with Gasteiger partial charge in [0.2, 0.25) is 5.89 Å². The molecule has 0 N–H and O–H groups in total. The fraction of sp³-hybridized carbons (Fsp3) is 0.429. The number of benzene rings is 1. The van der Waals surface area contributed by atoms with Gasteiger partial charge in [0.05, 0.1) is 22.8 Å². The smallest absolute Gasteiger partial charge is 0.272 e. The van der Waals surface area contributed by atoms with Gasteiger partial charge in [0, 0.05) is 26.1 Å². The lowest BCUT2D eigenvalue weighted by molar-refractivity contribution is -0.385. The molecule has 2 aromatic rings. The SMILES string of the molecule is COC1CC(c2nc(C)no2)N(c2ccc([N+](=O)[O-])cc2F)C1. The summed E-state index contributed by atoms with van der Waals surface area (Å²) < 4.78 is 24.9. The van der Waals surface area contributed by atoms with E-state index in [0.717, 1.165) is 6.07 Å². The Kier molecular flexibility index (Phi) is 3.95. The van der Waals surface area contributed by atoms with Gasteiger partial charge in [-0.1, -0.05) is 5.16 Å². The van der Waals surface area contributed by atoms with E-state index in [-0.39, 0.29) is 23.5 Å². The molecule has 1 aromatic carbocycles. The molecule has 1 aliphatic rings. The van der Waals surface area contributed by atoms with Crippen LogP contribution in [0.15, 0.2) is 22.7 Å². The van der Waals surface area contributed by atoms with E-state index in [1.807, 2.05) is 0 Å². The molecule has 122 valence electrons. The van der Waals surface area contributed by atoms with Crippen molar-refractivity contribution in [2.45, 2.75) is 25.5 Å². The van der Waals surface area contributed by atoms with Gasteiger partial charge < -0.3 is 14.2 Å². The van der Waals surface area contributed by atoms with Crippen molar-refractivity contribution in [3.8, 4) is 0 Å². The van der Waals surface area contributed by atoms with Crippen LogP contribution in [-0.2, 0) is 4.74 Å². The summed E-state index contributed by atoms with van der Waals surface area (Å²) in [6.45, 7) is 2.13. The predicted octanol–water partition coefficient (Wildman–Crippen LogP) is 2.39. The molecular formula is C14H15FN4O4. The van der Waals surface area contributed by atoms with E-state index in [2.05, 4.69) is 10.1 Å². The fourth-order valence-electron chi connectivity index (χ4n) is 2.76. The molecule has 1 fully saturated rings. The Morgan fingerprint density at radius 1 is 1.52 bits per heavy atom. The second-order valence-electron chi connectivity index (χ2n) is 5.33. The first kappa shape index (κ1) is 15.3. The number of halogens is 1. The second-order valence-corrected chi connectivity index (χ2v) is 5.33. The fourth-order valence-corrected chi connectivity index (χ4v) is 2.76. The monoisotopic (exact) mass is 322 g/mol. The van der Waals surface area contributed by atoms with Crippen LogP contribution in [-0.4, -0.2) is 34.8 Å². The van der Waals surface area contributed by atoms with Crippen LogP contribution in [0, 0.1) is 22.9 Å². The second kappa shape index (κ2) is 5.92. The van der Waals surface area contributed by atoms with E-state index >= 15 is 0 Å². The minimum Gasteiger partial charge on any atom is -0.380 e.